The Kier molecular flexibility index (Phi) is 4.54. The van der Waals surface area contributed by atoms with Crippen molar-refractivity contribution in [2.24, 2.45) is 0 Å². The summed E-state index contributed by atoms with van der Waals surface area (Å²) in [5.41, 5.74) is 0. The summed E-state index contributed by atoms with van der Waals surface area (Å²) in [5.74, 6) is -2.08. The van der Waals surface area contributed by atoms with Crippen molar-refractivity contribution in [2.45, 2.75) is 19.3 Å². The Morgan fingerprint density at radius 3 is 1.90 bits per heavy atom. The van der Waals surface area contributed by atoms with Gasteiger partial charge in [-0.25, -0.2) is 4.79 Å². The van der Waals surface area contributed by atoms with Gasteiger partial charge in [-0.15, -0.1) is 0 Å². The number of methoxy groups -OCH3 is 1. The molecule has 2 nitrogen and oxygen atoms in total. The van der Waals surface area contributed by atoms with E-state index in [0.717, 1.165) is 7.11 Å². The number of hydrogen-bond acceptors (Lipinski definition) is 2. The molecule has 0 heterocycles. The molecule has 58 valence electrons. The number of hydrogen-bond donors (Lipinski definition) is 0. The van der Waals surface area contributed by atoms with Crippen LogP contribution < -0.4 is 0 Å². The molecule has 0 aromatic carbocycles. The fourth-order valence-corrected chi connectivity index (χ4v) is 0.111. The topological polar surface area (TPSA) is 26.3 Å². The monoisotopic (exact) mass is 146 g/mol. The van der Waals surface area contributed by atoms with E-state index in [1.165, 1.54) is 19.3 Å². The van der Waals surface area contributed by atoms with E-state index < -0.39 is 11.8 Å². The molecular weight excluding hydrogens is 135 g/mol. The maximum Gasteiger partial charge on any atom is 0.366 e. The molecule has 0 saturated heterocycles. The zero-order valence-corrected chi connectivity index (χ0v) is 6.02. The van der Waals surface area contributed by atoms with E-state index in [0.29, 0.717) is 0 Å². The van der Waals surface area contributed by atoms with Crippen LogP contribution in [0.4, 0.5) is 4.39 Å². The fourth-order valence-electron chi connectivity index (χ4n) is 0.111. The normalized spacial score (nSPS) is 12.6. The molecule has 1 fully saturated rings. The number of rotatable bonds is 1. The highest BCUT2D eigenvalue weighted by Crippen LogP contribution is 2.14. The average molecular weight is 146 g/mol. The predicted molar refractivity (Wildman–Crippen MR) is 36.1 cm³/mol. The SMILES string of the molecule is C1CC1.C=C(F)C(=O)OC. The molecule has 0 aliphatic heterocycles. The summed E-state index contributed by atoms with van der Waals surface area (Å²) in [4.78, 5) is 9.81. The minimum atomic E-state index is -1.07. The first-order valence-corrected chi connectivity index (χ1v) is 3.11. The van der Waals surface area contributed by atoms with Crippen LogP contribution in [0.15, 0.2) is 12.4 Å². The van der Waals surface area contributed by atoms with Gasteiger partial charge in [-0.2, -0.15) is 4.39 Å². The van der Waals surface area contributed by atoms with Crippen LogP contribution in [0.3, 0.4) is 0 Å². The second kappa shape index (κ2) is 4.97. The van der Waals surface area contributed by atoms with E-state index in [-0.39, 0.29) is 0 Å². The summed E-state index contributed by atoms with van der Waals surface area (Å²) in [5, 5.41) is 0. The first-order valence-electron chi connectivity index (χ1n) is 3.11. The molecule has 1 saturated carbocycles. The Morgan fingerprint density at radius 2 is 1.90 bits per heavy atom. The Balaban J connectivity index is 0.000000219. The largest absolute Gasteiger partial charge is 0.464 e. The number of halogens is 1. The van der Waals surface area contributed by atoms with E-state index in [9.17, 15) is 9.18 Å². The predicted octanol–water partition coefficient (Wildman–Crippen LogP) is 1.81. The first-order chi connectivity index (χ1) is 4.68. The van der Waals surface area contributed by atoms with E-state index in [2.05, 4.69) is 11.3 Å². The highest BCUT2D eigenvalue weighted by Gasteiger charge is 2.01. The Labute approximate surface area is 59.7 Å². The van der Waals surface area contributed by atoms with Crippen molar-refractivity contribution in [2.75, 3.05) is 7.11 Å². The van der Waals surface area contributed by atoms with Crippen molar-refractivity contribution in [1.82, 2.24) is 0 Å². The molecular formula is C7H11FO2. The molecule has 0 bridgehead atoms. The molecule has 0 aromatic rings. The summed E-state index contributed by atoms with van der Waals surface area (Å²) < 4.78 is 15.3. The van der Waals surface area contributed by atoms with Crippen molar-refractivity contribution >= 4 is 5.97 Å². The van der Waals surface area contributed by atoms with Crippen LogP contribution in [-0.4, -0.2) is 13.1 Å². The molecule has 0 atom stereocenters. The maximum absolute atomic E-state index is 11.4. The molecule has 1 rings (SSSR count). The Hall–Kier alpha value is -0.860. The molecule has 3 heteroatoms. The summed E-state index contributed by atoms with van der Waals surface area (Å²) in [6.45, 7) is 2.68. The summed E-state index contributed by atoms with van der Waals surface area (Å²) >= 11 is 0. The zero-order valence-electron chi connectivity index (χ0n) is 6.02. The molecule has 0 radical (unpaired) electrons. The van der Waals surface area contributed by atoms with Crippen molar-refractivity contribution < 1.29 is 13.9 Å². The zero-order chi connectivity index (χ0) is 7.98. The highest BCUT2D eigenvalue weighted by atomic mass is 19.1. The molecule has 0 aromatic heterocycles. The van der Waals surface area contributed by atoms with Crippen LogP contribution in [0.2, 0.25) is 0 Å². The van der Waals surface area contributed by atoms with Gasteiger partial charge >= 0.3 is 5.97 Å². The van der Waals surface area contributed by atoms with Crippen LogP contribution in [0.1, 0.15) is 19.3 Å². The number of esters is 1. The lowest BCUT2D eigenvalue weighted by Crippen LogP contribution is -1.97. The third kappa shape index (κ3) is 7.14. The molecule has 10 heavy (non-hydrogen) atoms. The van der Waals surface area contributed by atoms with Crippen molar-refractivity contribution in [1.29, 1.82) is 0 Å². The van der Waals surface area contributed by atoms with Gasteiger partial charge in [0.2, 0.25) is 5.83 Å². The second-order valence-electron chi connectivity index (χ2n) is 1.96. The third-order valence-electron chi connectivity index (χ3n) is 0.760. The molecule has 0 N–H and O–H groups in total. The minimum absolute atomic E-state index is 1.01. The van der Waals surface area contributed by atoms with Crippen LogP contribution >= 0.6 is 0 Å². The van der Waals surface area contributed by atoms with Crippen molar-refractivity contribution in [3.05, 3.63) is 12.4 Å². The minimum Gasteiger partial charge on any atom is -0.464 e. The lowest BCUT2D eigenvalue weighted by atomic mass is 10.6. The summed E-state index contributed by atoms with van der Waals surface area (Å²) in [6, 6.07) is 0. The van der Waals surface area contributed by atoms with Crippen molar-refractivity contribution in [3.8, 4) is 0 Å². The Morgan fingerprint density at radius 1 is 1.50 bits per heavy atom. The van der Waals surface area contributed by atoms with Gasteiger partial charge in [0.15, 0.2) is 0 Å². The van der Waals surface area contributed by atoms with Gasteiger partial charge < -0.3 is 4.74 Å². The van der Waals surface area contributed by atoms with Crippen LogP contribution in [-0.2, 0) is 9.53 Å². The first kappa shape index (κ1) is 9.14. The summed E-state index contributed by atoms with van der Waals surface area (Å²) in [7, 11) is 1.09. The van der Waals surface area contributed by atoms with E-state index in [1.807, 2.05) is 0 Å². The van der Waals surface area contributed by atoms with Gasteiger partial charge in [-0.3, -0.25) is 0 Å². The van der Waals surface area contributed by atoms with E-state index >= 15 is 0 Å². The fraction of sp³-hybridized carbons (Fsp3) is 0.571. The number of carbonyl (C=O) groups is 1. The van der Waals surface area contributed by atoms with Gasteiger partial charge in [0.25, 0.3) is 0 Å². The Bertz CT molecular complexity index is 127. The third-order valence-corrected chi connectivity index (χ3v) is 0.760. The quantitative estimate of drug-likeness (QED) is 0.416. The molecule has 0 unspecified atom stereocenters. The molecule has 1 aliphatic carbocycles. The second-order valence-corrected chi connectivity index (χ2v) is 1.96. The van der Waals surface area contributed by atoms with Crippen LogP contribution in [0, 0.1) is 0 Å². The molecule has 0 amide bonds. The van der Waals surface area contributed by atoms with Gasteiger partial charge in [0, 0.05) is 0 Å². The maximum atomic E-state index is 11.4. The van der Waals surface area contributed by atoms with Gasteiger partial charge in [0.1, 0.15) is 0 Å². The lowest BCUT2D eigenvalue weighted by molar-refractivity contribution is -0.137. The van der Waals surface area contributed by atoms with E-state index in [1.54, 1.807) is 0 Å². The number of carbonyl (C=O) groups excluding carboxylic acids is 1. The summed E-state index contributed by atoms with van der Waals surface area (Å²) in [6.07, 6.45) is 4.50. The van der Waals surface area contributed by atoms with Crippen LogP contribution in [0.5, 0.6) is 0 Å². The smallest absolute Gasteiger partial charge is 0.366 e. The lowest BCUT2D eigenvalue weighted by Gasteiger charge is -1.88. The van der Waals surface area contributed by atoms with Crippen molar-refractivity contribution in [3.63, 3.8) is 0 Å². The highest BCUT2D eigenvalue weighted by molar-refractivity contribution is 5.84. The average Bonchev–Trinajstić information content (AvgIpc) is 2.70. The van der Waals surface area contributed by atoms with Gasteiger partial charge in [0.05, 0.1) is 7.11 Å². The number of ether oxygens (including phenoxy) is 1. The van der Waals surface area contributed by atoms with Gasteiger partial charge in [-0.05, 0) is 0 Å². The van der Waals surface area contributed by atoms with Gasteiger partial charge in [-0.1, -0.05) is 25.8 Å². The molecule has 1 aliphatic rings. The van der Waals surface area contributed by atoms with E-state index in [4.69, 9.17) is 0 Å². The van der Waals surface area contributed by atoms with Crippen LogP contribution in [0.25, 0.3) is 0 Å². The standard InChI is InChI=1S/C4H5FO2.C3H6/c1-3(5)4(6)7-2;1-2-3-1/h1H2,2H3;1-3H2. The molecule has 0 spiro atoms.